The minimum absolute atomic E-state index is 0.432. The topological polar surface area (TPSA) is 48.1 Å². The second-order valence-electron chi connectivity index (χ2n) is 4.56. The van der Waals surface area contributed by atoms with Crippen molar-refractivity contribution in [1.82, 2.24) is 4.98 Å². The van der Waals surface area contributed by atoms with Gasteiger partial charge in [-0.1, -0.05) is 12.1 Å². The fourth-order valence-corrected chi connectivity index (χ4v) is 2.36. The summed E-state index contributed by atoms with van der Waals surface area (Å²) in [6.07, 6.45) is 3.60. The van der Waals surface area contributed by atoms with Crippen molar-refractivity contribution in [2.24, 2.45) is 5.73 Å². The molecule has 0 fully saturated rings. The third kappa shape index (κ3) is 2.22. The predicted octanol–water partition coefficient (Wildman–Crippen LogP) is 2.82. The molecule has 2 N–H and O–H groups in total. The van der Waals surface area contributed by atoms with Crippen molar-refractivity contribution in [3.63, 3.8) is 0 Å². The molecule has 2 aromatic rings. The Bertz CT molecular complexity index is 566. The van der Waals surface area contributed by atoms with Gasteiger partial charge < -0.3 is 10.5 Å². The minimum atomic E-state index is 0.432. The zero-order valence-corrected chi connectivity index (χ0v) is 10.2. The van der Waals surface area contributed by atoms with Crippen LogP contribution in [0.25, 0.3) is 0 Å². The molecule has 1 aromatic carbocycles. The molecule has 1 aliphatic rings. The number of fused-ring (bicyclic) bond motifs is 1. The maximum atomic E-state index is 5.78. The lowest BCUT2D eigenvalue weighted by atomic mass is 10.1. The van der Waals surface area contributed by atoms with Crippen LogP contribution in [0.4, 0.5) is 0 Å². The molecule has 1 heterocycles. The van der Waals surface area contributed by atoms with Gasteiger partial charge in [0.1, 0.15) is 5.75 Å². The third-order valence-electron chi connectivity index (χ3n) is 3.28. The van der Waals surface area contributed by atoms with Gasteiger partial charge in [-0.3, -0.25) is 0 Å². The second kappa shape index (κ2) is 4.78. The molecule has 18 heavy (non-hydrogen) atoms. The third-order valence-corrected chi connectivity index (χ3v) is 3.28. The van der Waals surface area contributed by atoms with Gasteiger partial charge >= 0.3 is 0 Å². The average molecular weight is 240 g/mol. The van der Waals surface area contributed by atoms with E-state index in [0.29, 0.717) is 12.4 Å². The molecular weight excluding hydrogens is 224 g/mol. The summed E-state index contributed by atoms with van der Waals surface area (Å²) in [7, 11) is 0. The van der Waals surface area contributed by atoms with Gasteiger partial charge in [-0.2, -0.15) is 0 Å². The van der Waals surface area contributed by atoms with E-state index in [1.54, 1.807) is 0 Å². The summed E-state index contributed by atoms with van der Waals surface area (Å²) < 4.78 is 5.78. The van der Waals surface area contributed by atoms with Gasteiger partial charge in [-0.05, 0) is 48.6 Å². The first kappa shape index (κ1) is 11.2. The maximum Gasteiger partial charge on any atom is 0.219 e. The zero-order chi connectivity index (χ0) is 12.4. The molecule has 1 aromatic heterocycles. The van der Waals surface area contributed by atoms with Crippen LogP contribution in [0.3, 0.4) is 0 Å². The Balaban J connectivity index is 1.83. The first-order chi connectivity index (χ1) is 8.85. The van der Waals surface area contributed by atoms with Crippen molar-refractivity contribution in [1.29, 1.82) is 0 Å². The Labute approximate surface area is 107 Å². The number of hydrogen-bond donors (Lipinski definition) is 1. The smallest absolute Gasteiger partial charge is 0.219 e. The first-order valence-corrected chi connectivity index (χ1v) is 6.31. The van der Waals surface area contributed by atoms with Crippen LogP contribution in [0.1, 0.15) is 23.2 Å². The molecule has 0 radical (unpaired) electrons. The summed E-state index contributed by atoms with van der Waals surface area (Å²) in [4.78, 5) is 4.33. The molecule has 0 amide bonds. The summed E-state index contributed by atoms with van der Waals surface area (Å²) in [6, 6.07) is 12.0. The first-order valence-electron chi connectivity index (χ1n) is 6.31. The largest absolute Gasteiger partial charge is 0.439 e. The van der Waals surface area contributed by atoms with Gasteiger partial charge in [0.05, 0.1) is 5.69 Å². The lowest BCUT2D eigenvalue weighted by molar-refractivity contribution is 0.460. The van der Waals surface area contributed by atoms with Gasteiger partial charge in [0, 0.05) is 12.6 Å². The van der Waals surface area contributed by atoms with Gasteiger partial charge in [0.2, 0.25) is 5.88 Å². The number of nitrogens with zero attached hydrogens (tertiary/aromatic N) is 1. The SMILES string of the molecule is NCc1cccc(Oc2ccc3c(c2)CCC3)n1. The van der Waals surface area contributed by atoms with Crippen LogP contribution in [-0.2, 0) is 19.4 Å². The van der Waals surface area contributed by atoms with Gasteiger partial charge in [0.15, 0.2) is 0 Å². The summed E-state index contributed by atoms with van der Waals surface area (Å²) >= 11 is 0. The average Bonchev–Trinajstić information content (AvgIpc) is 2.86. The van der Waals surface area contributed by atoms with Crippen molar-refractivity contribution >= 4 is 0 Å². The molecule has 0 unspecified atom stereocenters. The standard InChI is InChI=1S/C15H16N2O/c16-10-13-5-2-6-15(17-13)18-14-8-7-11-3-1-4-12(11)9-14/h2,5-9H,1,3-4,10,16H2. The highest BCUT2D eigenvalue weighted by atomic mass is 16.5. The molecule has 0 spiro atoms. The molecule has 0 saturated carbocycles. The highest BCUT2D eigenvalue weighted by Crippen LogP contribution is 2.28. The fourth-order valence-electron chi connectivity index (χ4n) is 2.36. The number of benzene rings is 1. The molecule has 0 saturated heterocycles. The second-order valence-corrected chi connectivity index (χ2v) is 4.56. The fraction of sp³-hybridized carbons (Fsp3) is 0.267. The number of rotatable bonds is 3. The number of hydrogen-bond acceptors (Lipinski definition) is 3. The van der Waals surface area contributed by atoms with E-state index in [-0.39, 0.29) is 0 Å². The summed E-state index contributed by atoms with van der Waals surface area (Å²) in [6.45, 7) is 0.432. The van der Waals surface area contributed by atoms with Crippen LogP contribution < -0.4 is 10.5 Å². The molecule has 0 aliphatic heterocycles. The number of nitrogens with two attached hydrogens (primary N) is 1. The number of pyridine rings is 1. The van der Waals surface area contributed by atoms with E-state index >= 15 is 0 Å². The van der Waals surface area contributed by atoms with Gasteiger partial charge in [-0.25, -0.2) is 4.98 Å². The van der Waals surface area contributed by atoms with E-state index in [1.807, 2.05) is 24.3 Å². The van der Waals surface area contributed by atoms with E-state index in [9.17, 15) is 0 Å². The van der Waals surface area contributed by atoms with Crippen molar-refractivity contribution in [3.8, 4) is 11.6 Å². The Hall–Kier alpha value is -1.87. The van der Waals surface area contributed by atoms with E-state index in [2.05, 4.69) is 17.1 Å². The van der Waals surface area contributed by atoms with Crippen molar-refractivity contribution in [2.45, 2.75) is 25.8 Å². The molecule has 3 nitrogen and oxygen atoms in total. The number of aromatic nitrogens is 1. The summed E-state index contributed by atoms with van der Waals surface area (Å²) in [5.74, 6) is 1.47. The highest BCUT2D eigenvalue weighted by Gasteiger charge is 2.11. The van der Waals surface area contributed by atoms with Gasteiger partial charge in [0.25, 0.3) is 0 Å². The van der Waals surface area contributed by atoms with Crippen LogP contribution >= 0.6 is 0 Å². The monoisotopic (exact) mass is 240 g/mol. The minimum Gasteiger partial charge on any atom is -0.439 e. The Kier molecular flexibility index (Phi) is 2.99. The van der Waals surface area contributed by atoms with Crippen molar-refractivity contribution < 1.29 is 4.74 Å². The van der Waals surface area contributed by atoms with Crippen LogP contribution in [0.15, 0.2) is 36.4 Å². The Morgan fingerprint density at radius 1 is 1.11 bits per heavy atom. The van der Waals surface area contributed by atoms with E-state index in [1.165, 1.54) is 24.0 Å². The molecule has 92 valence electrons. The highest BCUT2D eigenvalue weighted by molar-refractivity contribution is 5.39. The van der Waals surface area contributed by atoms with Crippen LogP contribution in [0, 0.1) is 0 Å². The lowest BCUT2D eigenvalue weighted by Crippen LogP contribution is -2.00. The summed E-state index contributed by atoms with van der Waals surface area (Å²) in [5, 5.41) is 0. The van der Waals surface area contributed by atoms with Crippen LogP contribution in [-0.4, -0.2) is 4.98 Å². The zero-order valence-electron chi connectivity index (χ0n) is 10.2. The molecule has 0 atom stereocenters. The molecule has 1 aliphatic carbocycles. The molecule has 0 bridgehead atoms. The number of ether oxygens (including phenoxy) is 1. The van der Waals surface area contributed by atoms with E-state index in [0.717, 1.165) is 17.9 Å². The summed E-state index contributed by atoms with van der Waals surface area (Å²) in [5.41, 5.74) is 9.26. The Morgan fingerprint density at radius 3 is 2.89 bits per heavy atom. The Morgan fingerprint density at radius 2 is 2.00 bits per heavy atom. The van der Waals surface area contributed by atoms with Crippen LogP contribution in [0.2, 0.25) is 0 Å². The van der Waals surface area contributed by atoms with E-state index in [4.69, 9.17) is 10.5 Å². The van der Waals surface area contributed by atoms with Gasteiger partial charge in [-0.15, -0.1) is 0 Å². The van der Waals surface area contributed by atoms with Crippen molar-refractivity contribution in [2.75, 3.05) is 0 Å². The normalized spacial score (nSPS) is 13.4. The molecular formula is C15H16N2O. The lowest BCUT2D eigenvalue weighted by Gasteiger charge is -2.07. The predicted molar refractivity (Wildman–Crippen MR) is 70.7 cm³/mol. The van der Waals surface area contributed by atoms with Crippen molar-refractivity contribution in [3.05, 3.63) is 53.2 Å². The quantitative estimate of drug-likeness (QED) is 0.897. The van der Waals surface area contributed by atoms with E-state index < -0.39 is 0 Å². The molecule has 3 rings (SSSR count). The van der Waals surface area contributed by atoms with Crippen LogP contribution in [0.5, 0.6) is 11.6 Å². The number of aryl methyl sites for hydroxylation is 2. The molecule has 3 heteroatoms. The maximum absolute atomic E-state index is 5.78.